The molecule has 9 nitrogen and oxygen atoms in total. The summed E-state index contributed by atoms with van der Waals surface area (Å²) in [6.07, 6.45) is 6.88. The van der Waals surface area contributed by atoms with Crippen LogP contribution in [0.25, 0.3) is 11.2 Å². The molecular formula is C22H19N7O2. The summed E-state index contributed by atoms with van der Waals surface area (Å²) >= 11 is 0. The van der Waals surface area contributed by atoms with Gasteiger partial charge in [0.15, 0.2) is 11.5 Å². The molecule has 0 atom stereocenters. The predicted octanol–water partition coefficient (Wildman–Crippen LogP) is 3.54. The molecule has 0 radical (unpaired) electrons. The first kappa shape index (κ1) is 17.8. The number of aromatic nitrogens is 6. The molecule has 0 unspecified atom stereocenters. The molecule has 0 aliphatic carbocycles. The van der Waals surface area contributed by atoms with Gasteiger partial charge in [0, 0.05) is 36.3 Å². The molecule has 1 aromatic carbocycles. The van der Waals surface area contributed by atoms with Gasteiger partial charge in [-0.25, -0.2) is 19.0 Å². The fourth-order valence-corrected chi connectivity index (χ4v) is 3.91. The molecule has 1 aliphatic heterocycles. The average molecular weight is 413 g/mol. The number of ether oxygens (including phenoxy) is 2. The number of benzene rings is 1. The van der Waals surface area contributed by atoms with Crippen molar-refractivity contribution in [1.29, 1.82) is 0 Å². The minimum atomic E-state index is 0.562. The van der Waals surface area contributed by atoms with Crippen LogP contribution in [0.1, 0.15) is 11.1 Å². The van der Waals surface area contributed by atoms with Crippen LogP contribution in [0.5, 0.6) is 11.5 Å². The van der Waals surface area contributed by atoms with Gasteiger partial charge in [0.05, 0.1) is 13.2 Å². The Morgan fingerprint density at radius 3 is 2.77 bits per heavy atom. The molecule has 31 heavy (non-hydrogen) atoms. The summed E-state index contributed by atoms with van der Waals surface area (Å²) in [6.45, 7) is 3.90. The number of fused-ring (bicyclic) bond motifs is 1. The van der Waals surface area contributed by atoms with Crippen molar-refractivity contribution in [3.8, 4) is 11.5 Å². The second-order valence-electron chi connectivity index (χ2n) is 7.40. The highest BCUT2D eigenvalue weighted by molar-refractivity contribution is 5.78. The van der Waals surface area contributed by atoms with Gasteiger partial charge in [-0.05, 0) is 42.8 Å². The molecule has 154 valence electrons. The lowest BCUT2D eigenvalue weighted by Crippen LogP contribution is -2.26. The molecule has 0 fully saturated rings. The smallest absolute Gasteiger partial charge is 0.161 e. The SMILES string of the molecule is Cc1cc(N2CCOCc3ccn4ncnc2c34)ccc1Oc1ccn2ncnc2c1. The van der Waals surface area contributed by atoms with Crippen molar-refractivity contribution < 1.29 is 9.47 Å². The lowest BCUT2D eigenvalue weighted by Gasteiger charge is -2.27. The van der Waals surface area contributed by atoms with Crippen LogP contribution in [-0.2, 0) is 11.3 Å². The summed E-state index contributed by atoms with van der Waals surface area (Å²) in [5.74, 6) is 2.38. The Bertz CT molecular complexity index is 1410. The molecule has 0 saturated heterocycles. The van der Waals surface area contributed by atoms with E-state index in [1.807, 2.05) is 54.2 Å². The number of pyridine rings is 1. The standard InChI is InChI=1S/C22H19N7O2/c1-15-10-17(2-3-19(15)31-18-5-7-28-20(11-18)23-13-25-28)27-8-9-30-12-16-4-6-29-21(16)22(27)24-14-26-29/h2-7,10-11,13-14H,8-9,12H2,1H3. The zero-order valence-corrected chi connectivity index (χ0v) is 16.8. The summed E-state index contributed by atoms with van der Waals surface area (Å²) in [7, 11) is 0. The molecule has 0 bridgehead atoms. The maximum absolute atomic E-state index is 6.12. The molecule has 1 aliphatic rings. The van der Waals surface area contributed by atoms with E-state index in [0.29, 0.717) is 25.5 Å². The van der Waals surface area contributed by atoms with E-state index in [1.165, 1.54) is 6.33 Å². The molecule has 0 spiro atoms. The zero-order chi connectivity index (χ0) is 20.8. The van der Waals surface area contributed by atoms with E-state index in [0.717, 1.165) is 39.5 Å². The third-order valence-electron chi connectivity index (χ3n) is 5.44. The maximum atomic E-state index is 6.12. The van der Waals surface area contributed by atoms with Crippen LogP contribution < -0.4 is 9.64 Å². The van der Waals surface area contributed by atoms with Crippen molar-refractivity contribution in [2.75, 3.05) is 18.1 Å². The molecule has 6 rings (SSSR count). The summed E-state index contributed by atoms with van der Waals surface area (Å²) in [4.78, 5) is 11.0. The molecule has 0 N–H and O–H groups in total. The number of rotatable bonds is 3. The Morgan fingerprint density at radius 1 is 0.968 bits per heavy atom. The zero-order valence-electron chi connectivity index (χ0n) is 16.8. The van der Waals surface area contributed by atoms with Crippen LogP contribution in [0.15, 0.2) is 61.4 Å². The Kier molecular flexibility index (Phi) is 4.07. The molecule has 4 aromatic heterocycles. The van der Waals surface area contributed by atoms with Crippen LogP contribution in [0.4, 0.5) is 11.5 Å². The monoisotopic (exact) mass is 413 g/mol. The first-order valence-corrected chi connectivity index (χ1v) is 10.0. The van der Waals surface area contributed by atoms with Crippen molar-refractivity contribution in [1.82, 2.24) is 29.2 Å². The maximum Gasteiger partial charge on any atom is 0.161 e. The van der Waals surface area contributed by atoms with Crippen molar-refractivity contribution in [2.45, 2.75) is 13.5 Å². The normalized spacial score (nSPS) is 14.0. The van der Waals surface area contributed by atoms with E-state index in [9.17, 15) is 0 Å². The molecule has 5 heterocycles. The Hall–Kier alpha value is -3.98. The molecule has 5 aromatic rings. The highest BCUT2D eigenvalue weighted by atomic mass is 16.5. The second kappa shape index (κ2) is 7.06. The van der Waals surface area contributed by atoms with Gasteiger partial charge in [0.25, 0.3) is 0 Å². The molecule has 9 heteroatoms. The molecule has 0 amide bonds. The predicted molar refractivity (Wildman–Crippen MR) is 114 cm³/mol. The topological polar surface area (TPSA) is 82.1 Å². The van der Waals surface area contributed by atoms with Crippen molar-refractivity contribution in [2.24, 2.45) is 0 Å². The number of aryl methyl sites for hydroxylation is 1. The van der Waals surface area contributed by atoms with Gasteiger partial charge in [0.1, 0.15) is 29.7 Å². The van der Waals surface area contributed by atoms with Crippen LogP contribution >= 0.6 is 0 Å². The van der Waals surface area contributed by atoms with E-state index in [-0.39, 0.29) is 0 Å². The van der Waals surface area contributed by atoms with Crippen LogP contribution in [0.2, 0.25) is 0 Å². The Morgan fingerprint density at radius 2 is 1.84 bits per heavy atom. The van der Waals surface area contributed by atoms with Gasteiger partial charge in [-0.1, -0.05) is 0 Å². The van der Waals surface area contributed by atoms with Gasteiger partial charge < -0.3 is 14.4 Å². The second-order valence-corrected chi connectivity index (χ2v) is 7.40. The van der Waals surface area contributed by atoms with Gasteiger partial charge in [-0.3, -0.25) is 0 Å². The Balaban J connectivity index is 1.36. The first-order valence-electron chi connectivity index (χ1n) is 10.0. The highest BCUT2D eigenvalue weighted by Crippen LogP contribution is 2.34. The minimum Gasteiger partial charge on any atom is -0.457 e. The fourth-order valence-electron chi connectivity index (χ4n) is 3.91. The number of hydrogen-bond acceptors (Lipinski definition) is 7. The molecule has 0 saturated carbocycles. The first-order chi connectivity index (χ1) is 15.3. The van der Waals surface area contributed by atoms with Crippen LogP contribution in [-0.4, -0.2) is 42.3 Å². The summed E-state index contributed by atoms with van der Waals surface area (Å²) < 4.78 is 15.5. The van der Waals surface area contributed by atoms with Crippen molar-refractivity contribution in [3.05, 3.63) is 72.6 Å². The molecular weight excluding hydrogens is 394 g/mol. The summed E-state index contributed by atoms with van der Waals surface area (Å²) in [5.41, 5.74) is 4.84. The van der Waals surface area contributed by atoms with Crippen LogP contribution in [0.3, 0.4) is 0 Å². The quantitative estimate of drug-likeness (QED) is 0.447. The fraction of sp³-hybridized carbons (Fsp3) is 0.182. The minimum absolute atomic E-state index is 0.562. The summed E-state index contributed by atoms with van der Waals surface area (Å²) in [6, 6.07) is 11.9. The lowest BCUT2D eigenvalue weighted by molar-refractivity contribution is 0.128. The van der Waals surface area contributed by atoms with E-state index >= 15 is 0 Å². The van der Waals surface area contributed by atoms with Crippen molar-refractivity contribution in [3.63, 3.8) is 0 Å². The number of hydrogen-bond donors (Lipinski definition) is 0. The number of nitrogens with zero attached hydrogens (tertiary/aromatic N) is 7. The Labute approximate surface area is 177 Å². The largest absolute Gasteiger partial charge is 0.457 e. The average Bonchev–Trinajstić information content (AvgIpc) is 3.40. The highest BCUT2D eigenvalue weighted by Gasteiger charge is 2.21. The van der Waals surface area contributed by atoms with E-state index in [4.69, 9.17) is 9.47 Å². The van der Waals surface area contributed by atoms with Crippen molar-refractivity contribution >= 4 is 22.7 Å². The third kappa shape index (κ3) is 3.06. The van der Waals surface area contributed by atoms with Gasteiger partial charge in [-0.2, -0.15) is 10.2 Å². The summed E-state index contributed by atoms with van der Waals surface area (Å²) in [5, 5.41) is 8.45. The van der Waals surface area contributed by atoms with Crippen LogP contribution in [0, 0.1) is 6.92 Å². The third-order valence-corrected chi connectivity index (χ3v) is 5.44. The lowest BCUT2D eigenvalue weighted by atomic mass is 10.1. The van der Waals surface area contributed by atoms with E-state index in [1.54, 1.807) is 10.8 Å². The van der Waals surface area contributed by atoms with Gasteiger partial charge in [-0.15, -0.1) is 0 Å². The van der Waals surface area contributed by atoms with Gasteiger partial charge in [0.2, 0.25) is 0 Å². The number of anilines is 2. The van der Waals surface area contributed by atoms with E-state index in [2.05, 4.69) is 31.1 Å². The van der Waals surface area contributed by atoms with Gasteiger partial charge >= 0.3 is 0 Å². The van der Waals surface area contributed by atoms with E-state index < -0.39 is 0 Å².